The molecule has 0 amide bonds. The first-order valence-corrected chi connectivity index (χ1v) is 9.58. The van der Waals surface area contributed by atoms with Gasteiger partial charge in [-0.1, -0.05) is 12.1 Å². The van der Waals surface area contributed by atoms with Crippen LogP contribution in [0.15, 0.2) is 34.8 Å². The van der Waals surface area contributed by atoms with Crippen molar-refractivity contribution in [3.63, 3.8) is 0 Å². The molecule has 0 radical (unpaired) electrons. The highest BCUT2D eigenvalue weighted by molar-refractivity contribution is 9.10. The summed E-state index contributed by atoms with van der Waals surface area (Å²) in [6.45, 7) is 4.64. The number of fused-ring (bicyclic) bond motifs is 1. The van der Waals surface area contributed by atoms with Gasteiger partial charge < -0.3 is 14.4 Å². The second kappa shape index (κ2) is 7.38. The zero-order valence-electron chi connectivity index (χ0n) is 13.8. The monoisotopic (exact) mass is 390 g/mol. The van der Waals surface area contributed by atoms with E-state index in [1.807, 2.05) is 12.1 Å². The molecule has 2 aliphatic rings. The largest absolute Gasteiger partial charge is 0.381 e. The van der Waals surface area contributed by atoms with Gasteiger partial charge in [0, 0.05) is 35.5 Å². The number of rotatable bonds is 4. The molecule has 3 heterocycles. The minimum atomic E-state index is 0.383. The van der Waals surface area contributed by atoms with Crippen LogP contribution in [0, 0.1) is 5.92 Å². The number of para-hydroxylation sites is 1. The van der Waals surface area contributed by atoms with E-state index >= 15 is 0 Å². The quantitative estimate of drug-likeness (QED) is 0.789. The molecule has 0 spiro atoms. The number of piperidine rings is 1. The molecule has 1 unspecified atom stereocenters. The number of aromatic nitrogens is 1. The third-order valence-corrected chi connectivity index (χ3v) is 5.65. The van der Waals surface area contributed by atoms with Crippen LogP contribution in [0.5, 0.6) is 0 Å². The number of halogens is 1. The normalized spacial score (nSPS) is 22.4. The molecule has 1 aromatic carbocycles. The molecule has 2 aliphatic heterocycles. The first-order chi connectivity index (χ1) is 11.8. The summed E-state index contributed by atoms with van der Waals surface area (Å²) < 4.78 is 12.6. The highest BCUT2D eigenvalue weighted by atomic mass is 79.9. The fourth-order valence-electron chi connectivity index (χ4n) is 3.52. The molecule has 0 saturated carbocycles. The maximum absolute atomic E-state index is 6.11. The molecule has 0 N–H and O–H groups in total. The molecular formula is C19H23BrN2O2. The van der Waals surface area contributed by atoms with Crippen molar-refractivity contribution in [2.75, 3.05) is 37.8 Å². The SMILES string of the molecule is Brc1cccc2ccc(N3CCC(OCC4CCOC4)CC3)nc12. The van der Waals surface area contributed by atoms with E-state index in [-0.39, 0.29) is 0 Å². The van der Waals surface area contributed by atoms with Crippen LogP contribution in [0.25, 0.3) is 10.9 Å². The summed E-state index contributed by atoms with van der Waals surface area (Å²) in [5, 5.41) is 1.17. The van der Waals surface area contributed by atoms with Crippen molar-refractivity contribution >= 4 is 32.7 Å². The van der Waals surface area contributed by atoms with Crippen molar-refractivity contribution < 1.29 is 9.47 Å². The predicted octanol–water partition coefficient (Wildman–Crippen LogP) is 4.02. The van der Waals surface area contributed by atoms with Gasteiger partial charge in [0.2, 0.25) is 0 Å². The van der Waals surface area contributed by atoms with Gasteiger partial charge in [0.15, 0.2) is 0 Å². The van der Waals surface area contributed by atoms with Gasteiger partial charge in [0.1, 0.15) is 5.82 Å². The van der Waals surface area contributed by atoms with Crippen LogP contribution in [0.4, 0.5) is 5.82 Å². The lowest BCUT2D eigenvalue weighted by Gasteiger charge is -2.33. The number of ether oxygens (including phenoxy) is 2. The Balaban J connectivity index is 1.36. The minimum Gasteiger partial charge on any atom is -0.381 e. The van der Waals surface area contributed by atoms with E-state index in [1.54, 1.807) is 0 Å². The van der Waals surface area contributed by atoms with E-state index in [9.17, 15) is 0 Å². The maximum Gasteiger partial charge on any atom is 0.129 e. The minimum absolute atomic E-state index is 0.383. The van der Waals surface area contributed by atoms with Gasteiger partial charge in [-0.25, -0.2) is 4.98 Å². The van der Waals surface area contributed by atoms with Gasteiger partial charge in [-0.3, -0.25) is 0 Å². The van der Waals surface area contributed by atoms with Crippen LogP contribution in [-0.4, -0.2) is 44.0 Å². The summed E-state index contributed by atoms with van der Waals surface area (Å²) >= 11 is 3.61. The standard InChI is InChI=1S/C19H23BrN2O2/c20-17-3-1-2-15-4-5-18(21-19(15)17)22-9-6-16(7-10-22)24-13-14-8-11-23-12-14/h1-5,14,16H,6-13H2. The predicted molar refractivity (Wildman–Crippen MR) is 99.6 cm³/mol. The maximum atomic E-state index is 6.11. The zero-order chi connectivity index (χ0) is 16.4. The van der Waals surface area contributed by atoms with Gasteiger partial charge >= 0.3 is 0 Å². The van der Waals surface area contributed by atoms with E-state index in [0.717, 1.165) is 68.0 Å². The van der Waals surface area contributed by atoms with E-state index < -0.39 is 0 Å². The lowest BCUT2D eigenvalue weighted by atomic mass is 10.1. The van der Waals surface area contributed by atoms with E-state index in [0.29, 0.717) is 12.0 Å². The Morgan fingerprint density at radius 2 is 2.04 bits per heavy atom. The summed E-state index contributed by atoms with van der Waals surface area (Å²) in [5.41, 5.74) is 1.04. The lowest BCUT2D eigenvalue weighted by Crippen LogP contribution is -2.38. The summed E-state index contributed by atoms with van der Waals surface area (Å²) in [4.78, 5) is 7.23. The molecule has 1 aromatic heterocycles. The topological polar surface area (TPSA) is 34.6 Å². The molecule has 1 atom stereocenters. The Morgan fingerprint density at radius 3 is 2.83 bits per heavy atom. The Hall–Kier alpha value is -1.17. The number of anilines is 1. The van der Waals surface area contributed by atoms with Gasteiger partial charge in [0.25, 0.3) is 0 Å². The number of nitrogens with zero attached hydrogens (tertiary/aromatic N) is 2. The average molecular weight is 391 g/mol. The Bertz CT molecular complexity index is 695. The fourth-order valence-corrected chi connectivity index (χ4v) is 3.99. The highest BCUT2D eigenvalue weighted by Crippen LogP contribution is 2.27. The molecule has 0 bridgehead atoms. The number of pyridine rings is 1. The second-order valence-corrected chi connectivity index (χ2v) is 7.58. The Labute approximate surface area is 151 Å². The summed E-state index contributed by atoms with van der Waals surface area (Å²) in [6, 6.07) is 10.5. The molecule has 0 aliphatic carbocycles. The van der Waals surface area contributed by atoms with Crippen molar-refractivity contribution in [3.8, 4) is 0 Å². The highest BCUT2D eigenvalue weighted by Gasteiger charge is 2.23. The summed E-state index contributed by atoms with van der Waals surface area (Å²) in [6.07, 6.45) is 3.68. The average Bonchev–Trinajstić information content (AvgIpc) is 3.14. The van der Waals surface area contributed by atoms with Crippen LogP contribution in [-0.2, 0) is 9.47 Å². The van der Waals surface area contributed by atoms with Gasteiger partial charge in [-0.15, -0.1) is 0 Å². The first kappa shape index (κ1) is 16.3. The third-order valence-electron chi connectivity index (χ3n) is 5.01. The molecule has 24 heavy (non-hydrogen) atoms. The first-order valence-electron chi connectivity index (χ1n) is 8.79. The second-order valence-electron chi connectivity index (χ2n) is 6.73. The number of benzene rings is 1. The molecule has 4 rings (SSSR count). The lowest BCUT2D eigenvalue weighted by molar-refractivity contribution is 0.0131. The van der Waals surface area contributed by atoms with Gasteiger partial charge in [-0.05, 0) is 53.4 Å². The molecule has 4 nitrogen and oxygen atoms in total. The van der Waals surface area contributed by atoms with Crippen LogP contribution in [0.3, 0.4) is 0 Å². The number of hydrogen-bond acceptors (Lipinski definition) is 4. The summed E-state index contributed by atoms with van der Waals surface area (Å²) in [7, 11) is 0. The summed E-state index contributed by atoms with van der Waals surface area (Å²) in [5.74, 6) is 1.67. The van der Waals surface area contributed by atoms with E-state index in [1.165, 1.54) is 5.39 Å². The Kier molecular flexibility index (Phi) is 5.01. The zero-order valence-corrected chi connectivity index (χ0v) is 15.4. The van der Waals surface area contributed by atoms with Crippen molar-refractivity contribution in [2.45, 2.75) is 25.4 Å². The smallest absolute Gasteiger partial charge is 0.129 e. The molecule has 5 heteroatoms. The molecule has 128 valence electrons. The van der Waals surface area contributed by atoms with Crippen molar-refractivity contribution in [2.24, 2.45) is 5.92 Å². The third kappa shape index (κ3) is 3.58. The number of hydrogen-bond donors (Lipinski definition) is 0. The van der Waals surface area contributed by atoms with Crippen LogP contribution in [0.2, 0.25) is 0 Å². The fraction of sp³-hybridized carbons (Fsp3) is 0.526. The van der Waals surface area contributed by atoms with Crippen molar-refractivity contribution in [1.29, 1.82) is 0 Å². The van der Waals surface area contributed by atoms with Crippen molar-refractivity contribution in [3.05, 3.63) is 34.8 Å². The van der Waals surface area contributed by atoms with Gasteiger partial charge in [-0.2, -0.15) is 0 Å². The Morgan fingerprint density at radius 1 is 1.17 bits per heavy atom. The van der Waals surface area contributed by atoms with E-state index in [4.69, 9.17) is 14.5 Å². The van der Waals surface area contributed by atoms with Crippen LogP contribution < -0.4 is 4.90 Å². The molecular weight excluding hydrogens is 368 g/mol. The van der Waals surface area contributed by atoms with Crippen LogP contribution >= 0.6 is 15.9 Å². The molecule has 2 saturated heterocycles. The molecule has 2 aromatic rings. The van der Waals surface area contributed by atoms with Crippen LogP contribution in [0.1, 0.15) is 19.3 Å². The molecule has 2 fully saturated rings. The van der Waals surface area contributed by atoms with E-state index in [2.05, 4.69) is 39.0 Å². The van der Waals surface area contributed by atoms with Crippen molar-refractivity contribution in [1.82, 2.24) is 4.98 Å². The van der Waals surface area contributed by atoms with Gasteiger partial charge in [0.05, 0.1) is 24.8 Å².